The second-order valence-electron chi connectivity index (χ2n) is 5.33. The van der Waals surface area contributed by atoms with Gasteiger partial charge in [-0.1, -0.05) is 0 Å². The Bertz CT molecular complexity index is 683. The SMILES string of the molecule is COc1ccc([Se](c2ccc(OC)cc2)c2ccc(OC)cc2)cc1. The van der Waals surface area contributed by atoms with Crippen LogP contribution in [-0.2, 0) is 0 Å². The Morgan fingerprint density at radius 2 is 0.680 bits per heavy atom. The summed E-state index contributed by atoms with van der Waals surface area (Å²) in [6, 6.07) is 25.1. The molecule has 0 unspecified atom stereocenters. The van der Waals surface area contributed by atoms with Crippen LogP contribution < -0.4 is 27.6 Å². The molecule has 0 N–H and O–H groups in total. The molecule has 129 valence electrons. The van der Waals surface area contributed by atoms with Crippen molar-refractivity contribution in [3.63, 3.8) is 0 Å². The first-order valence-corrected chi connectivity index (χ1v) is 10.5. The van der Waals surface area contributed by atoms with E-state index in [4.69, 9.17) is 14.2 Å². The monoisotopic (exact) mass is 401 g/mol. The molecule has 3 rings (SSSR count). The topological polar surface area (TPSA) is 27.7 Å². The molecule has 3 nitrogen and oxygen atoms in total. The first-order valence-electron chi connectivity index (χ1n) is 7.91. The predicted molar refractivity (Wildman–Crippen MR) is 104 cm³/mol. The van der Waals surface area contributed by atoms with E-state index in [0.29, 0.717) is 0 Å². The fourth-order valence-corrected chi connectivity index (χ4v) is 6.83. The fourth-order valence-electron chi connectivity index (χ4n) is 2.54. The summed E-state index contributed by atoms with van der Waals surface area (Å²) in [6.45, 7) is 0. The minimum atomic E-state index is -1.40. The van der Waals surface area contributed by atoms with Crippen LogP contribution in [0, 0.1) is 0 Å². The molecule has 0 aromatic heterocycles. The van der Waals surface area contributed by atoms with Crippen molar-refractivity contribution in [1.82, 2.24) is 0 Å². The quantitative estimate of drug-likeness (QED) is 0.594. The van der Waals surface area contributed by atoms with Gasteiger partial charge in [0, 0.05) is 0 Å². The molecule has 0 atom stereocenters. The summed E-state index contributed by atoms with van der Waals surface area (Å²) in [4.78, 5) is 0. The first-order chi connectivity index (χ1) is 12.2. The Morgan fingerprint density at radius 1 is 0.440 bits per heavy atom. The van der Waals surface area contributed by atoms with Gasteiger partial charge < -0.3 is 0 Å². The van der Waals surface area contributed by atoms with Crippen molar-refractivity contribution in [3.8, 4) is 17.2 Å². The van der Waals surface area contributed by atoms with Gasteiger partial charge in [0.05, 0.1) is 0 Å². The molecule has 0 spiro atoms. The molecule has 0 saturated carbocycles. The molecular formula is C21H21O3Se. The number of hydrogen-bond donors (Lipinski definition) is 0. The maximum atomic E-state index is 5.30. The second-order valence-corrected chi connectivity index (χ2v) is 9.58. The van der Waals surface area contributed by atoms with Crippen LogP contribution in [0.3, 0.4) is 0 Å². The van der Waals surface area contributed by atoms with E-state index in [1.54, 1.807) is 21.3 Å². The Kier molecular flexibility index (Phi) is 5.64. The number of methoxy groups -OCH3 is 3. The van der Waals surface area contributed by atoms with Crippen molar-refractivity contribution in [3.05, 3.63) is 72.8 Å². The molecule has 25 heavy (non-hydrogen) atoms. The molecule has 3 aromatic carbocycles. The zero-order valence-corrected chi connectivity index (χ0v) is 16.3. The van der Waals surface area contributed by atoms with Gasteiger partial charge in [-0.3, -0.25) is 0 Å². The van der Waals surface area contributed by atoms with E-state index in [1.807, 2.05) is 36.4 Å². The number of ether oxygens (including phenoxy) is 3. The zero-order chi connectivity index (χ0) is 17.6. The molecule has 4 heteroatoms. The summed E-state index contributed by atoms with van der Waals surface area (Å²) >= 11 is -1.40. The molecule has 0 amide bonds. The van der Waals surface area contributed by atoms with E-state index < -0.39 is 13.9 Å². The third kappa shape index (κ3) is 3.98. The average Bonchev–Trinajstić information content (AvgIpc) is 2.70. The third-order valence-electron chi connectivity index (χ3n) is 3.89. The first kappa shape index (κ1) is 17.4. The molecular weight excluding hydrogens is 379 g/mol. The van der Waals surface area contributed by atoms with E-state index in [-0.39, 0.29) is 0 Å². The van der Waals surface area contributed by atoms with Crippen LogP contribution in [-0.4, -0.2) is 35.2 Å². The molecule has 0 aliphatic carbocycles. The zero-order valence-electron chi connectivity index (χ0n) is 14.6. The maximum absolute atomic E-state index is 5.30. The van der Waals surface area contributed by atoms with E-state index in [9.17, 15) is 0 Å². The number of rotatable bonds is 6. The van der Waals surface area contributed by atoms with Crippen molar-refractivity contribution >= 4 is 27.3 Å². The van der Waals surface area contributed by atoms with Crippen LogP contribution in [0.2, 0.25) is 0 Å². The van der Waals surface area contributed by atoms with E-state index >= 15 is 0 Å². The standard InChI is InChI=1S/C21H21O3Se/c1-22-16-4-10-19(11-5-16)25(20-12-6-17(23-2)7-13-20)21-14-8-18(24-3)9-15-21/h4-15H,1-3H3. The number of hydrogen-bond acceptors (Lipinski definition) is 3. The molecule has 0 bridgehead atoms. The van der Waals surface area contributed by atoms with Crippen molar-refractivity contribution < 1.29 is 14.2 Å². The Labute approximate surface area is 153 Å². The average molecular weight is 400 g/mol. The van der Waals surface area contributed by atoms with E-state index in [2.05, 4.69) is 36.4 Å². The van der Waals surface area contributed by atoms with Crippen LogP contribution in [0.1, 0.15) is 0 Å². The van der Waals surface area contributed by atoms with Crippen LogP contribution >= 0.6 is 0 Å². The van der Waals surface area contributed by atoms with E-state index in [0.717, 1.165) is 17.2 Å². The van der Waals surface area contributed by atoms with Gasteiger partial charge in [0.2, 0.25) is 0 Å². The van der Waals surface area contributed by atoms with Crippen LogP contribution in [0.15, 0.2) is 72.8 Å². The minimum absolute atomic E-state index is 0.874. The van der Waals surface area contributed by atoms with Crippen LogP contribution in [0.5, 0.6) is 17.2 Å². The van der Waals surface area contributed by atoms with Crippen LogP contribution in [0.4, 0.5) is 0 Å². The normalized spacial score (nSPS) is 10.6. The molecule has 1 radical (unpaired) electrons. The van der Waals surface area contributed by atoms with Gasteiger partial charge in [-0.2, -0.15) is 0 Å². The molecule has 0 heterocycles. The predicted octanol–water partition coefficient (Wildman–Crippen LogP) is 2.23. The molecule has 0 fully saturated rings. The molecule has 3 aromatic rings. The van der Waals surface area contributed by atoms with Crippen molar-refractivity contribution in [2.45, 2.75) is 0 Å². The van der Waals surface area contributed by atoms with Gasteiger partial charge in [-0.05, 0) is 0 Å². The van der Waals surface area contributed by atoms with Crippen molar-refractivity contribution in [2.75, 3.05) is 21.3 Å². The summed E-state index contributed by atoms with van der Waals surface area (Å²) in [7, 11) is 5.07. The molecule has 0 aliphatic heterocycles. The molecule has 0 aliphatic rings. The number of benzene rings is 3. The summed E-state index contributed by atoms with van der Waals surface area (Å²) in [5.74, 6) is 2.62. The summed E-state index contributed by atoms with van der Waals surface area (Å²) < 4.78 is 19.9. The fraction of sp³-hybridized carbons (Fsp3) is 0.143. The third-order valence-corrected chi connectivity index (χ3v) is 8.57. The summed E-state index contributed by atoms with van der Waals surface area (Å²) in [5.41, 5.74) is 0. The van der Waals surface area contributed by atoms with Gasteiger partial charge in [0.25, 0.3) is 0 Å². The van der Waals surface area contributed by atoms with Gasteiger partial charge in [-0.15, -0.1) is 0 Å². The molecule has 0 saturated heterocycles. The van der Waals surface area contributed by atoms with Crippen molar-refractivity contribution in [1.29, 1.82) is 0 Å². The van der Waals surface area contributed by atoms with Gasteiger partial charge in [0.15, 0.2) is 0 Å². The van der Waals surface area contributed by atoms with Crippen molar-refractivity contribution in [2.24, 2.45) is 0 Å². The van der Waals surface area contributed by atoms with Gasteiger partial charge >= 0.3 is 153 Å². The van der Waals surface area contributed by atoms with Gasteiger partial charge in [0.1, 0.15) is 0 Å². The van der Waals surface area contributed by atoms with Crippen LogP contribution in [0.25, 0.3) is 0 Å². The Morgan fingerprint density at radius 3 is 0.880 bits per heavy atom. The Hall–Kier alpha value is -2.42. The Balaban J connectivity index is 2.04. The van der Waals surface area contributed by atoms with E-state index in [1.165, 1.54) is 13.4 Å². The summed E-state index contributed by atoms with van der Waals surface area (Å²) in [5, 5.41) is 0. The second kappa shape index (κ2) is 8.11. The summed E-state index contributed by atoms with van der Waals surface area (Å²) in [6.07, 6.45) is 0. The van der Waals surface area contributed by atoms with Gasteiger partial charge in [-0.25, -0.2) is 0 Å².